The van der Waals surface area contributed by atoms with Gasteiger partial charge in [0.1, 0.15) is 4.90 Å². The fourth-order valence-electron chi connectivity index (χ4n) is 2.16. The molecule has 1 heterocycles. The number of nitrogens with one attached hydrogen (secondary N) is 1. The lowest BCUT2D eigenvalue weighted by molar-refractivity contribution is 0.602. The van der Waals surface area contributed by atoms with Gasteiger partial charge in [0.05, 0.1) is 22.8 Å². The van der Waals surface area contributed by atoms with Crippen molar-refractivity contribution in [2.24, 2.45) is 0 Å². The molecule has 6 heteroatoms. The Morgan fingerprint density at radius 2 is 1.82 bits per heavy atom. The highest BCUT2D eigenvalue weighted by molar-refractivity contribution is 7.93. The molecule has 0 unspecified atom stereocenters. The molecule has 22 heavy (non-hydrogen) atoms. The van der Waals surface area contributed by atoms with Gasteiger partial charge in [0.2, 0.25) is 0 Å². The van der Waals surface area contributed by atoms with E-state index < -0.39 is 10.0 Å². The quantitative estimate of drug-likeness (QED) is 0.806. The molecule has 5 nitrogen and oxygen atoms in total. The molecule has 0 amide bonds. The third-order valence-electron chi connectivity index (χ3n) is 3.13. The molecule has 3 aromatic rings. The van der Waals surface area contributed by atoms with Crippen LogP contribution < -0.4 is 4.72 Å². The molecular formula is C16H11N3O2S. The molecule has 0 radical (unpaired) electrons. The van der Waals surface area contributed by atoms with Gasteiger partial charge in [-0.3, -0.25) is 9.71 Å². The summed E-state index contributed by atoms with van der Waals surface area (Å²) in [5.74, 6) is 0. The van der Waals surface area contributed by atoms with E-state index in [2.05, 4.69) is 9.71 Å². The van der Waals surface area contributed by atoms with Gasteiger partial charge in [0, 0.05) is 11.6 Å². The van der Waals surface area contributed by atoms with Crippen molar-refractivity contribution in [1.29, 1.82) is 5.26 Å². The van der Waals surface area contributed by atoms with Crippen LogP contribution in [-0.2, 0) is 10.0 Å². The largest absolute Gasteiger partial charge is 0.280 e. The normalized spacial score (nSPS) is 11.0. The van der Waals surface area contributed by atoms with Gasteiger partial charge >= 0.3 is 0 Å². The summed E-state index contributed by atoms with van der Waals surface area (Å²) in [7, 11) is -3.79. The van der Waals surface area contributed by atoms with Crippen molar-refractivity contribution in [2.45, 2.75) is 4.90 Å². The zero-order valence-electron chi connectivity index (χ0n) is 11.4. The van der Waals surface area contributed by atoms with Crippen LogP contribution in [0.4, 0.5) is 5.69 Å². The summed E-state index contributed by atoms with van der Waals surface area (Å²) in [6.45, 7) is 0. The zero-order chi connectivity index (χ0) is 15.6. The molecular weight excluding hydrogens is 298 g/mol. The molecule has 0 atom stereocenters. The predicted octanol–water partition coefficient (Wildman–Crippen LogP) is 2.91. The number of para-hydroxylation sites is 1. The first kappa shape index (κ1) is 14.0. The smallest absolute Gasteiger partial charge is 0.264 e. The van der Waals surface area contributed by atoms with Crippen molar-refractivity contribution in [3.63, 3.8) is 0 Å². The van der Waals surface area contributed by atoms with Gasteiger partial charge in [-0.2, -0.15) is 5.26 Å². The van der Waals surface area contributed by atoms with Gasteiger partial charge in [0.25, 0.3) is 10.0 Å². The molecule has 0 bridgehead atoms. The molecule has 1 aromatic heterocycles. The third kappa shape index (κ3) is 2.62. The number of hydrogen-bond acceptors (Lipinski definition) is 4. The minimum absolute atomic E-state index is 0.105. The van der Waals surface area contributed by atoms with Gasteiger partial charge in [-0.25, -0.2) is 8.42 Å². The van der Waals surface area contributed by atoms with Gasteiger partial charge < -0.3 is 0 Å². The number of rotatable bonds is 3. The molecule has 0 aliphatic carbocycles. The summed E-state index contributed by atoms with van der Waals surface area (Å²) in [5, 5.41) is 9.63. The van der Waals surface area contributed by atoms with E-state index in [1.165, 1.54) is 12.1 Å². The maximum Gasteiger partial charge on any atom is 0.264 e. The van der Waals surface area contributed by atoms with Crippen molar-refractivity contribution in [3.8, 4) is 6.07 Å². The minimum Gasteiger partial charge on any atom is -0.280 e. The molecule has 0 fully saturated rings. The summed E-state index contributed by atoms with van der Waals surface area (Å²) in [6.07, 6.45) is 1.55. The van der Waals surface area contributed by atoms with Crippen LogP contribution in [0, 0.1) is 11.3 Å². The Balaban J connectivity index is 2.07. The first-order valence-electron chi connectivity index (χ1n) is 6.47. The molecule has 0 saturated carbocycles. The van der Waals surface area contributed by atoms with Gasteiger partial charge in [-0.1, -0.05) is 24.3 Å². The van der Waals surface area contributed by atoms with Crippen LogP contribution in [0.25, 0.3) is 10.9 Å². The van der Waals surface area contributed by atoms with Gasteiger partial charge in [-0.15, -0.1) is 0 Å². The van der Waals surface area contributed by atoms with E-state index in [0.29, 0.717) is 16.8 Å². The topological polar surface area (TPSA) is 82.9 Å². The van der Waals surface area contributed by atoms with Gasteiger partial charge in [0.15, 0.2) is 0 Å². The summed E-state index contributed by atoms with van der Waals surface area (Å²) in [4.78, 5) is 4.26. The first-order chi connectivity index (χ1) is 10.6. The van der Waals surface area contributed by atoms with Crippen molar-refractivity contribution in [2.75, 3.05) is 4.72 Å². The Kier molecular flexibility index (Phi) is 3.49. The van der Waals surface area contributed by atoms with Crippen LogP contribution in [-0.4, -0.2) is 13.4 Å². The average Bonchev–Trinajstić information content (AvgIpc) is 2.54. The van der Waals surface area contributed by atoms with E-state index in [0.717, 1.165) is 5.39 Å². The lowest BCUT2D eigenvalue weighted by atomic mass is 10.2. The minimum atomic E-state index is -3.79. The molecule has 0 aliphatic heterocycles. The fourth-order valence-corrected chi connectivity index (χ4v) is 3.39. The summed E-state index contributed by atoms with van der Waals surface area (Å²) in [6, 6.07) is 16.8. The van der Waals surface area contributed by atoms with Crippen molar-refractivity contribution in [1.82, 2.24) is 4.98 Å². The van der Waals surface area contributed by atoms with E-state index in [1.807, 2.05) is 6.07 Å². The van der Waals surface area contributed by atoms with Crippen LogP contribution in [0.15, 0.2) is 65.7 Å². The molecule has 3 rings (SSSR count). The Bertz CT molecular complexity index is 986. The average molecular weight is 309 g/mol. The summed E-state index contributed by atoms with van der Waals surface area (Å²) < 4.78 is 27.6. The Labute approximate surface area is 127 Å². The second kappa shape index (κ2) is 5.47. The van der Waals surface area contributed by atoms with E-state index in [1.54, 1.807) is 48.7 Å². The zero-order valence-corrected chi connectivity index (χ0v) is 12.2. The maximum atomic E-state index is 12.6. The van der Waals surface area contributed by atoms with E-state index in [4.69, 9.17) is 5.26 Å². The van der Waals surface area contributed by atoms with Crippen LogP contribution in [0.1, 0.15) is 5.56 Å². The Morgan fingerprint density at radius 1 is 1.05 bits per heavy atom. The highest BCUT2D eigenvalue weighted by Gasteiger charge is 2.18. The molecule has 1 N–H and O–H groups in total. The monoisotopic (exact) mass is 309 g/mol. The van der Waals surface area contributed by atoms with Crippen molar-refractivity contribution >= 4 is 26.6 Å². The van der Waals surface area contributed by atoms with Gasteiger partial charge in [-0.05, 0) is 30.3 Å². The summed E-state index contributed by atoms with van der Waals surface area (Å²) >= 11 is 0. The van der Waals surface area contributed by atoms with Crippen molar-refractivity contribution < 1.29 is 8.42 Å². The Morgan fingerprint density at radius 3 is 2.64 bits per heavy atom. The van der Waals surface area contributed by atoms with Crippen LogP contribution in [0.2, 0.25) is 0 Å². The second-order valence-corrected chi connectivity index (χ2v) is 6.28. The second-order valence-electron chi connectivity index (χ2n) is 4.63. The number of sulfonamides is 1. The summed E-state index contributed by atoms with van der Waals surface area (Å²) in [5.41, 5.74) is 1.14. The van der Waals surface area contributed by atoms with Crippen molar-refractivity contribution in [3.05, 3.63) is 66.4 Å². The molecule has 0 aliphatic rings. The lowest BCUT2D eigenvalue weighted by Crippen LogP contribution is -2.13. The Hall–Kier alpha value is -2.91. The molecule has 2 aromatic carbocycles. The number of nitriles is 1. The third-order valence-corrected chi connectivity index (χ3v) is 4.54. The molecule has 0 saturated heterocycles. The number of anilines is 1. The van der Waals surface area contributed by atoms with E-state index in [-0.39, 0.29) is 4.90 Å². The molecule has 108 valence electrons. The number of nitrogens with zero attached hydrogens (tertiary/aromatic N) is 2. The fraction of sp³-hybridized carbons (Fsp3) is 0. The highest BCUT2D eigenvalue weighted by atomic mass is 32.2. The number of aromatic nitrogens is 1. The maximum absolute atomic E-state index is 12.6. The van der Waals surface area contributed by atoms with E-state index in [9.17, 15) is 8.42 Å². The SMILES string of the molecule is N#Cc1cccc(NS(=O)(=O)c2cccc3cccnc23)c1. The lowest BCUT2D eigenvalue weighted by Gasteiger charge is -2.10. The van der Waals surface area contributed by atoms with Crippen LogP contribution in [0.3, 0.4) is 0 Å². The number of pyridine rings is 1. The first-order valence-corrected chi connectivity index (χ1v) is 7.95. The predicted molar refractivity (Wildman–Crippen MR) is 83.7 cm³/mol. The number of hydrogen-bond donors (Lipinski definition) is 1. The standard InChI is InChI=1S/C16H11N3O2S/c17-11-12-4-1-7-14(10-12)19-22(20,21)15-8-2-5-13-6-3-9-18-16(13)15/h1-10,19H. The number of benzene rings is 2. The highest BCUT2D eigenvalue weighted by Crippen LogP contribution is 2.23. The number of fused-ring (bicyclic) bond motifs is 1. The van der Waals surface area contributed by atoms with E-state index >= 15 is 0 Å². The molecule has 0 spiro atoms. The van der Waals surface area contributed by atoms with Crippen LogP contribution in [0.5, 0.6) is 0 Å². The van der Waals surface area contributed by atoms with Crippen LogP contribution >= 0.6 is 0 Å².